The average molecular weight is 497 g/mol. The highest BCUT2D eigenvalue weighted by molar-refractivity contribution is 7.89. The Morgan fingerprint density at radius 3 is 2.58 bits per heavy atom. The predicted octanol–water partition coefficient (Wildman–Crippen LogP) is 2.88. The SMILES string of the molecule is CC1(NS(=O)(=O)c2ccc3nc(N4CCC(O)CC4)nc(-c4nnc(C(F)F)s4)c3c2)CC1. The number of halogens is 2. The summed E-state index contributed by atoms with van der Waals surface area (Å²) in [7, 11) is -3.79. The molecule has 0 spiro atoms. The molecule has 13 heteroatoms. The maximum Gasteiger partial charge on any atom is 0.291 e. The van der Waals surface area contributed by atoms with Gasteiger partial charge < -0.3 is 10.0 Å². The molecule has 5 rings (SSSR count). The second-order valence-electron chi connectivity index (χ2n) is 8.68. The minimum absolute atomic E-state index is 0.0421. The third-order valence-electron chi connectivity index (χ3n) is 5.92. The zero-order valence-corrected chi connectivity index (χ0v) is 19.3. The molecule has 2 fully saturated rings. The van der Waals surface area contributed by atoms with Crippen molar-refractivity contribution in [3.63, 3.8) is 0 Å². The van der Waals surface area contributed by atoms with Gasteiger partial charge in [0.1, 0.15) is 5.69 Å². The number of benzene rings is 1. The van der Waals surface area contributed by atoms with Crippen molar-refractivity contribution in [2.45, 2.75) is 55.6 Å². The van der Waals surface area contributed by atoms with E-state index in [9.17, 15) is 22.3 Å². The minimum Gasteiger partial charge on any atom is -0.393 e. The molecule has 0 bridgehead atoms. The molecular weight excluding hydrogens is 474 g/mol. The number of sulfonamides is 1. The van der Waals surface area contributed by atoms with E-state index < -0.39 is 27.0 Å². The summed E-state index contributed by atoms with van der Waals surface area (Å²) in [5.74, 6) is 0.373. The monoisotopic (exact) mass is 496 g/mol. The number of piperidine rings is 1. The molecule has 1 aliphatic carbocycles. The maximum atomic E-state index is 13.2. The Morgan fingerprint density at radius 1 is 1.21 bits per heavy atom. The number of aliphatic hydroxyl groups excluding tert-OH is 1. The second kappa shape index (κ2) is 8.15. The van der Waals surface area contributed by atoms with Crippen LogP contribution in [0.25, 0.3) is 21.6 Å². The molecule has 2 aromatic heterocycles. The van der Waals surface area contributed by atoms with Crippen LogP contribution in [0.1, 0.15) is 44.0 Å². The van der Waals surface area contributed by atoms with Crippen LogP contribution in [0.3, 0.4) is 0 Å². The Balaban J connectivity index is 1.62. The molecule has 0 amide bonds. The number of aliphatic hydroxyl groups is 1. The average Bonchev–Trinajstić information content (AvgIpc) is 3.28. The highest BCUT2D eigenvalue weighted by atomic mass is 32.2. The van der Waals surface area contributed by atoms with E-state index in [0.717, 1.165) is 12.8 Å². The van der Waals surface area contributed by atoms with Gasteiger partial charge in [0.25, 0.3) is 6.43 Å². The highest BCUT2D eigenvalue weighted by Gasteiger charge is 2.41. The van der Waals surface area contributed by atoms with Gasteiger partial charge in [0.15, 0.2) is 10.0 Å². The van der Waals surface area contributed by atoms with Crippen LogP contribution in [-0.2, 0) is 10.0 Å². The van der Waals surface area contributed by atoms with E-state index in [0.29, 0.717) is 54.1 Å². The number of alkyl halides is 2. The van der Waals surface area contributed by atoms with Gasteiger partial charge in [-0.25, -0.2) is 31.9 Å². The van der Waals surface area contributed by atoms with Crippen molar-refractivity contribution in [2.75, 3.05) is 18.0 Å². The number of fused-ring (bicyclic) bond motifs is 1. The van der Waals surface area contributed by atoms with Crippen LogP contribution in [0.2, 0.25) is 0 Å². The Bertz CT molecular complexity index is 1300. The Hall–Kier alpha value is -2.35. The molecule has 0 radical (unpaired) electrons. The Kier molecular flexibility index (Phi) is 5.54. The molecule has 1 saturated carbocycles. The molecule has 9 nitrogen and oxygen atoms in total. The van der Waals surface area contributed by atoms with Crippen LogP contribution in [0.5, 0.6) is 0 Å². The highest BCUT2D eigenvalue weighted by Crippen LogP contribution is 2.37. The summed E-state index contributed by atoms with van der Waals surface area (Å²) in [6.07, 6.45) is -0.496. The van der Waals surface area contributed by atoms with E-state index >= 15 is 0 Å². The molecular formula is C20H22F2N6O3S2. The zero-order valence-electron chi connectivity index (χ0n) is 17.7. The fourth-order valence-electron chi connectivity index (χ4n) is 3.72. The number of hydrogen-bond acceptors (Lipinski definition) is 9. The third-order valence-corrected chi connectivity index (χ3v) is 8.50. The summed E-state index contributed by atoms with van der Waals surface area (Å²) in [5, 5.41) is 17.4. The molecule has 33 heavy (non-hydrogen) atoms. The number of rotatable bonds is 6. The number of nitrogens with one attached hydrogen (secondary N) is 1. The fourth-order valence-corrected chi connectivity index (χ4v) is 5.92. The van der Waals surface area contributed by atoms with Crippen LogP contribution in [-0.4, -0.2) is 58.4 Å². The van der Waals surface area contributed by atoms with E-state index in [1.165, 1.54) is 12.1 Å². The Labute approximate surface area is 192 Å². The van der Waals surface area contributed by atoms with Gasteiger partial charge in [-0.15, -0.1) is 10.2 Å². The van der Waals surface area contributed by atoms with E-state index in [1.807, 2.05) is 11.8 Å². The van der Waals surface area contributed by atoms with Gasteiger partial charge in [-0.3, -0.25) is 0 Å². The van der Waals surface area contributed by atoms with Crippen molar-refractivity contribution in [3.05, 3.63) is 23.2 Å². The molecule has 0 unspecified atom stereocenters. The summed E-state index contributed by atoms with van der Waals surface area (Å²) >= 11 is 0.712. The lowest BCUT2D eigenvalue weighted by Crippen LogP contribution is -2.37. The minimum atomic E-state index is -3.79. The number of nitrogens with zero attached hydrogens (tertiary/aromatic N) is 5. The van der Waals surface area contributed by atoms with Crippen LogP contribution in [0, 0.1) is 0 Å². The molecule has 3 heterocycles. The normalized spacial score (nSPS) is 18.9. The summed E-state index contributed by atoms with van der Waals surface area (Å²) < 4.78 is 54.8. The lowest BCUT2D eigenvalue weighted by Gasteiger charge is -2.29. The number of aromatic nitrogens is 4. The van der Waals surface area contributed by atoms with Crippen LogP contribution in [0.15, 0.2) is 23.1 Å². The van der Waals surface area contributed by atoms with Gasteiger partial charge in [0.2, 0.25) is 16.0 Å². The first kappa shape index (κ1) is 22.4. The van der Waals surface area contributed by atoms with Crippen molar-refractivity contribution in [3.8, 4) is 10.7 Å². The first-order chi connectivity index (χ1) is 15.6. The van der Waals surface area contributed by atoms with E-state index in [-0.39, 0.29) is 21.7 Å². The summed E-state index contributed by atoms with van der Waals surface area (Å²) in [6, 6.07) is 4.51. The van der Waals surface area contributed by atoms with Crippen molar-refractivity contribution in [1.29, 1.82) is 0 Å². The fraction of sp³-hybridized carbons (Fsp3) is 0.500. The lowest BCUT2D eigenvalue weighted by atomic mass is 10.1. The molecule has 3 aromatic rings. The molecule has 2 N–H and O–H groups in total. The van der Waals surface area contributed by atoms with Crippen LogP contribution < -0.4 is 9.62 Å². The van der Waals surface area contributed by atoms with E-state index in [2.05, 4.69) is 24.9 Å². The molecule has 176 valence electrons. The predicted molar refractivity (Wildman–Crippen MR) is 119 cm³/mol. The topological polar surface area (TPSA) is 121 Å². The van der Waals surface area contributed by atoms with E-state index in [4.69, 9.17) is 0 Å². The molecule has 1 saturated heterocycles. The van der Waals surface area contributed by atoms with Crippen molar-refractivity contribution in [1.82, 2.24) is 24.9 Å². The molecule has 1 aromatic carbocycles. The van der Waals surface area contributed by atoms with Crippen molar-refractivity contribution < 1.29 is 22.3 Å². The van der Waals surface area contributed by atoms with Crippen LogP contribution >= 0.6 is 11.3 Å². The molecule has 1 aliphatic heterocycles. The smallest absolute Gasteiger partial charge is 0.291 e. The first-order valence-corrected chi connectivity index (χ1v) is 12.8. The Morgan fingerprint density at radius 2 is 1.94 bits per heavy atom. The quantitative estimate of drug-likeness (QED) is 0.534. The van der Waals surface area contributed by atoms with Crippen molar-refractivity contribution in [2.24, 2.45) is 0 Å². The number of hydrogen-bond donors (Lipinski definition) is 2. The second-order valence-corrected chi connectivity index (χ2v) is 11.4. The molecule has 2 aliphatic rings. The van der Waals surface area contributed by atoms with Gasteiger partial charge >= 0.3 is 0 Å². The van der Waals surface area contributed by atoms with Gasteiger partial charge in [-0.05, 0) is 50.8 Å². The summed E-state index contributed by atoms with van der Waals surface area (Å²) in [5.41, 5.74) is 0.271. The third kappa shape index (κ3) is 4.54. The van der Waals surface area contributed by atoms with Gasteiger partial charge in [0, 0.05) is 24.0 Å². The van der Waals surface area contributed by atoms with Gasteiger partial charge in [-0.2, -0.15) is 0 Å². The van der Waals surface area contributed by atoms with Gasteiger partial charge in [0.05, 0.1) is 16.5 Å². The van der Waals surface area contributed by atoms with Crippen molar-refractivity contribution >= 4 is 38.2 Å². The van der Waals surface area contributed by atoms with E-state index in [1.54, 1.807) is 6.07 Å². The first-order valence-electron chi connectivity index (χ1n) is 10.5. The standard InChI is InChI=1S/C20H22F2N6O3S2/c1-20(6-7-20)27-33(30,31)12-2-3-14-13(10-12)15(17-25-26-18(32-17)16(21)22)24-19(23-14)28-8-4-11(29)5-9-28/h2-3,10-11,16,27,29H,4-9H2,1H3. The molecule has 0 atom stereocenters. The van der Waals surface area contributed by atoms with Gasteiger partial charge in [-0.1, -0.05) is 11.3 Å². The maximum absolute atomic E-state index is 13.2. The largest absolute Gasteiger partial charge is 0.393 e. The van der Waals surface area contributed by atoms with Crippen LogP contribution in [0.4, 0.5) is 14.7 Å². The summed E-state index contributed by atoms with van der Waals surface area (Å²) in [6.45, 7) is 2.92. The lowest BCUT2D eigenvalue weighted by molar-refractivity contribution is 0.145. The number of anilines is 1. The zero-order chi connectivity index (χ0) is 23.4. The summed E-state index contributed by atoms with van der Waals surface area (Å²) in [4.78, 5) is 11.1.